The molecule has 0 radical (unpaired) electrons. The van der Waals surface area contributed by atoms with Crippen LogP contribution in [0.2, 0.25) is 0 Å². The van der Waals surface area contributed by atoms with Gasteiger partial charge in [0.15, 0.2) is 0 Å². The van der Waals surface area contributed by atoms with Crippen LogP contribution in [0.15, 0.2) is 53.6 Å². The quantitative estimate of drug-likeness (QED) is 0.311. The van der Waals surface area contributed by atoms with Crippen molar-refractivity contribution in [1.29, 1.82) is 0 Å². The van der Waals surface area contributed by atoms with E-state index in [0.29, 0.717) is 28.7 Å². The highest BCUT2D eigenvalue weighted by atomic mass is 16.1. The van der Waals surface area contributed by atoms with Crippen LogP contribution in [0.3, 0.4) is 0 Å². The summed E-state index contributed by atoms with van der Waals surface area (Å²) in [5.74, 6) is 7.19. The van der Waals surface area contributed by atoms with Gasteiger partial charge in [0.05, 0.1) is 17.4 Å². The van der Waals surface area contributed by atoms with Crippen molar-refractivity contribution in [3.63, 3.8) is 0 Å². The molecule has 42 heavy (non-hydrogen) atoms. The molecule has 0 unspecified atom stereocenters. The number of aromatic nitrogens is 4. The first-order chi connectivity index (χ1) is 20.5. The number of fused-ring (bicyclic) bond motifs is 1. The molecule has 0 bridgehead atoms. The standard InChI is InChI=1S/C32H34N8O2/c1-21-27(13-9-23-7-10-24(11-8-23)36-22(2)41)31(42)40(25-5-3-4-6-25)30-28(21)20-35-32(38-30)37-29-14-12-26(19-34-29)39-17-15-33-16-18-39/h7-8,10-12,14,19-20,25,33H,3-6,15-18H2,1-2H3,(H,36,41)(H,34,35,37,38). The van der Waals surface area contributed by atoms with Crippen molar-refractivity contribution in [3.8, 4) is 11.8 Å². The molecule has 214 valence electrons. The number of piperazine rings is 1. The second-order valence-electron chi connectivity index (χ2n) is 10.8. The number of carbonyl (C=O) groups is 1. The molecule has 2 aliphatic rings. The van der Waals surface area contributed by atoms with Gasteiger partial charge in [0, 0.05) is 62.0 Å². The molecule has 1 aromatic carbocycles. The number of nitrogens with zero attached hydrogens (tertiary/aromatic N) is 5. The highest BCUT2D eigenvalue weighted by Crippen LogP contribution is 2.32. The molecule has 1 amide bonds. The Balaban J connectivity index is 1.33. The molecule has 1 saturated heterocycles. The van der Waals surface area contributed by atoms with Gasteiger partial charge in [0.1, 0.15) is 11.5 Å². The molecule has 4 heterocycles. The van der Waals surface area contributed by atoms with Crippen molar-refractivity contribution < 1.29 is 4.79 Å². The smallest absolute Gasteiger partial charge is 0.268 e. The summed E-state index contributed by atoms with van der Waals surface area (Å²) in [6.45, 7) is 7.21. The van der Waals surface area contributed by atoms with E-state index in [-0.39, 0.29) is 17.5 Å². The average molecular weight is 563 g/mol. The number of aryl methyl sites for hydroxylation is 1. The van der Waals surface area contributed by atoms with Crippen LogP contribution in [0.25, 0.3) is 11.0 Å². The maximum Gasteiger partial charge on any atom is 0.268 e. The normalized spacial score (nSPS) is 15.3. The Morgan fingerprint density at radius 2 is 1.76 bits per heavy atom. The van der Waals surface area contributed by atoms with Crippen molar-refractivity contribution in [1.82, 2.24) is 24.8 Å². The predicted molar refractivity (Wildman–Crippen MR) is 165 cm³/mol. The molecule has 10 heteroatoms. The van der Waals surface area contributed by atoms with Crippen LogP contribution >= 0.6 is 0 Å². The molecule has 3 aromatic heterocycles. The van der Waals surface area contributed by atoms with E-state index in [1.54, 1.807) is 18.3 Å². The van der Waals surface area contributed by atoms with Gasteiger partial charge in [-0.05, 0) is 61.7 Å². The van der Waals surface area contributed by atoms with Crippen LogP contribution in [0.5, 0.6) is 0 Å². The number of pyridine rings is 2. The topological polar surface area (TPSA) is 117 Å². The zero-order chi connectivity index (χ0) is 29.1. The number of benzene rings is 1. The predicted octanol–water partition coefficient (Wildman–Crippen LogP) is 4.12. The van der Waals surface area contributed by atoms with Crippen LogP contribution in [0, 0.1) is 18.8 Å². The van der Waals surface area contributed by atoms with Crippen molar-refractivity contribution in [3.05, 3.63) is 75.8 Å². The lowest BCUT2D eigenvalue weighted by Gasteiger charge is -2.29. The number of carbonyl (C=O) groups excluding carboxylic acids is 1. The Labute approximate surface area is 244 Å². The minimum atomic E-state index is -0.131. The largest absolute Gasteiger partial charge is 0.368 e. The van der Waals surface area contributed by atoms with Crippen LogP contribution in [0.4, 0.5) is 23.1 Å². The van der Waals surface area contributed by atoms with Crippen molar-refractivity contribution in [2.45, 2.75) is 45.6 Å². The van der Waals surface area contributed by atoms with Gasteiger partial charge >= 0.3 is 0 Å². The van der Waals surface area contributed by atoms with Crippen LogP contribution < -0.4 is 26.4 Å². The zero-order valence-corrected chi connectivity index (χ0v) is 23.9. The van der Waals surface area contributed by atoms with Crippen molar-refractivity contribution in [2.75, 3.05) is 41.7 Å². The summed E-state index contributed by atoms with van der Waals surface area (Å²) in [6, 6.07) is 11.3. The third-order valence-corrected chi connectivity index (χ3v) is 7.91. The highest BCUT2D eigenvalue weighted by Gasteiger charge is 2.24. The third kappa shape index (κ3) is 5.83. The Morgan fingerprint density at radius 1 is 1.00 bits per heavy atom. The number of hydrogen-bond donors (Lipinski definition) is 3. The number of anilines is 4. The van der Waals surface area contributed by atoms with E-state index in [1.807, 2.05) is 35.9 Å². The highest BCUT2D eigenvalue weighted by molar-refractivity contribution is 5.88. The van der Waals surface area contributed by atoms with E-state index in [1.165, 1.54) is 6.92 Å². The minimum Gasteiger partial charge on any atom is -0.368 e. The van der Waals surface area contributed by atoms with Crippen LogP contribution in [0.1, 0.15) is 55.3 Å². The third-order valence-electron chi connectivity index (χ3n) is 7.91. The summed E-state index contributed by atoms with van der Waals surface area (Å²) in [5, 5.41) is 10.1. The summed E-state index contributed by atoms with van der Waals surface area (Å²) in [5.41, 5.74) is 4.24. The lowest BCUT2D eigenvalue weighted by Crippen LogP contribution is -2.43. The summed E-state index contributed by atoms with van der Waals surface area (Å²) < 4.78 is 1.83. The maximum absolute atomic E-state index is 14.0. The molecule has 2 fully saturated rings. The molecule has 4 aromatic rings. The lowest BCUT2D eigenvalue weighted by molar-refractivity contribution is -0.114. The van der Waals surface area contributed by atoms with Crippen LogP contribution in [-0.2, 0) is 4.79 Å². The first kappa shape index (κ1) is 27.4. The van der Waals surface area contributed by atoms with Gasteiger partial charge in [-0.25, -0.2) is 9.97 Å². The van der Waals surface area contributed by atoms with Crippen LogP contribution in [-0.4, -0.2) is 51.6 Å². The van der Waals surface area contributed by atoms with E-state index in [2.05, 4.69) is 48.7 Å². The van der Waals surface area contributed by atoms with Gasteiger partial charge < -0.3 is 20.9 Å². The van der Waals surface area contributed by atoms with E-state index in [4.69, 9.17) is 4.98 Å². The van der Waals surface area contributed by atoms with Crippen molar-refractivity contribution >= 4 is 40.1 Å². The molecule has 6 rings (SSSR count). The summed E-state index contributed by atoms with van der Waals surface area (Å²) >= 11 is 0. The second-order valence-corrected chi connectivity index (χ2v) is 10.8. The van der Waals surface area contributed by atoms with Gasteiger partial charge in [-0.3, -0.25) is 14.2 Å². The minimum absolute atomic E-state index is 0.0669. The summed E-state index contributed by atoms with van der Waals surface area (Å²) in [7, 11) is 0. The Bertz CT molecular complexity index is 1720. The molecular weight excluding hydrogens is 528 g/mol. The SMILES string of the molecule is CC(=O)Nc1ccc(C#Cc2c(C)c3cnc(Nc4ccc(N5CCNCC5)cn4)nc3n(C3CCCC3)c2=O)cc1. The molecule has 0 atom stereocenters. The maximum atomic E-state index is 14.0. The molecular formula is C32H34N8O2. The monoisotopic (exact) mass is 562 g/mol. The molecule has 0 spiro atoms. The Kier molecular flexibility index (Phi) is 7.84. The van der Waals surface area contributed by atoms with Gasteiger partial charge in [-0.15, -0.1) is 0 Å². The number of hydrogen-bond acceptors (Lipinski definition) is 8. The fraction of sp³-hybridized carbons (Fsp3) is 0.344. The summed E-state index contributed by atoms with van der Waals surface area (Å²) in [6.07, 6.45) is 7.65. The van der Waals surface area contributed by atoms with E-state index in [0.717, 1.165) is 74.1 Å². The Hall–Kier alpha value is -4.75. The fourth-order valence-corrected chi connectivity index (χ4v) is 5.70. The lowest BCUT2D eigenvalue weighted by atomic mass is 10.1. The Morgan fingerprint density at radius 3 is 2.45 bits per heavy atom. The first-order valence-corrected chi connectivity index (χ1v) is 14.5. The average Bonchev–Trinajstić information content (AvgIpc) is 3.53. The molecule has 1 aliphatic carbocycles. The molecule has 1 saturated carbocycles. The zero-order valence-electron chi connectivity index (χ0n) is 23.9. The first-order valence-electron chi connectivity index (χ1n) is 14.5. The van der Waals surface area contributed by atoms with Gasteiger partial charge in [0.2, 0.25) is 11.9 Å². The van der Waals surface area contributed by atoms with E-state index < -0.39 is 0 Å². The number of amides is 1. The number of rotatable bonds is 5. The van der Waals surface area contributed by atoms with Gasteiger partial charge in [-0.1, -0.05) is 24.7 Å². The molecule has 1 aliphatic heterocycles. The molecule has 3 N–H and O–H groups in total. The number of nitrogens with one attached hydrogen (secondary N) is 3. The van der Waals surface area contributed by atoms with Gasteiger partial charge in [0.25, 0.3) is 5.56 Å². The van der Waals surface area contributed by atoms with E-state index in [9.17, 15) is 9.59 Å². The van der Waals surface area contributed by atoms with Gasteiger partial charge in [-0.2, -0.15) is 4.98 Å². The fourth-order valence-electron chi connectivity index (χ4n) is 5.70. The van der Waals surface area contributed by atoms with E-state index >= 15 is 0 Å². The molecule has 10 nitrogen and oxygen atoms in total. The second kappa shape index (κ2) is 12.0. The summed E-state index contributed by atoms with van der Waals surface area (Å²) in [4.78, 5) is 41.6. The van der Waals surface area contributed by atoms with Crippen molar-refractivity contribution in [2.24, 2.45) is 0 Å².